The molecule has 202 valence electrons. The molecule has 0 heterocycles. The quantitative estimate of drug-likeness (QED) is 0.320. The summed E-state index contributed by atoms with van der Waals surface area (Å²) in [6.45, 7) is 16.4. The van der Waals surface area contributed by atoms with Gasteiger partial charge in [-0.15, -0.1) is 0 Å². The molecule has 3 fully saturated rings. The first-order valence-corrected chi connectivity index (χ1v) is 15.5. The molecule has 0 radical (unpaired) electrons. The second kappa shape index (κ2) is 10.4. The van der Waals surface area contributed by atoms with Gasteiger partial charge in [-0.3, -0.25) is 0 Å². The number of aliphatic hydroxyl groups is 2. The van der Waals surface area contributed by atoms with Crippen molar-refractivity contribution in [3.05, 3.63) is 11.6 Å². The van der Waals surface area contributed by atoms with E-state index in [1.165, 1.54) is 51.4 Å². The van der Waals surface area contributed by atoms with Crippen LogP contribution in [0, 0.1) is 52.3 Å². The standard InChI is InChI=1S/C33H58O2/c1-8-33(35)20-17-25-24(21-33)10-11-27-26(25)16-19-32(7)28(12-13-29(27)32)23(4)9-14-30(34)31(5,6)18-15-22(2)3/h10,22-23,25-30,34-35H,8-9,11-21H2,1-7H3/t23-,25+,26-,27-,28-,29+,30?,32-,33+/m1/s1. The van der Waals surface area contributed by atoms with Crippen molar-refractivity contribution in [1.82, 2.24) is 0 Å². The minimum Gasteiger partial charge on any atom is -0.393 e. The van der Waals surface area contributed by atoms with Gasteiger partial charge in [0.25, 0.3) is 0 Å². The number of rotatable bonds is 9. The summed E-state index contributed by atoms with van der Waals surface area (Å²) in [6, 6.07) is 0. The number of hydrogen-bond donors (Lipinski definition) is 2. The van der Waals surface area contributed by atoms with Crippen molar-refractivity contribution in [3.63, 3.8) is 0 Å². The van der Waals surface area contributed by atoms with Gasteiger partial charge in [0.2, 0.25) is 0 Å². The number of allylic oxidation sites excluding steroid dienone is 1. The molecule has 0 aromatic heterocycles. The molecule has 0 aliphatic heterocycles. The average Bonchev–Trinajstić information content (AvgIpc) is 3.18. The molecule has 2 nitrogen and oxygen atoms in total. The zero-order chi connectivity index (χ0) is 25.6. The summed E-state index contributed by atoms with van der Waals surface area (Å²) in [5, 5.41) is 22.0. The van der Waals surface area contributed by atoms with Gasteiger partial charge in [0.1, 0.15) is 0 Å². The second-order valence-electron chi connectivity index (χ2n) is 15.1. The van der Waals surface area contributed by atoms with E-state index in [0.29, 0.717) is 17.3 Å². The Balaban J connectivity index is 1.38. The molecule has 1 unspecified atom stereocenters. The maximum absolute atomic E-state index is 11.1. The molecule has 2 N–H and O–H groups in total. The molecule has 3 saturated carbocycles. The van der Waals surface area contributed by atoms with E-state index < -0.39 is 5.60 Å². The lowest BCUT2D eigenvalue weighted by atomic mass is 9.50. The van der Waals surface area contributed by atoms with E-state index in [1.54, 1.807) is 5.57 Å². The molecule has 4 aliphatic rings. The summed E-state index contributed by atoms with van der Waals surface area (Å²) < 4.78 is 0. The van der Waals surface area contributed by atoms with Gasteiger partial charge < -0.3 is 10.2 Å². The highest BCUT2D eigenvalue weighted by atomic mass is 16.3. The molecule has 0 bridgehead atoms. The van der Waals surface area contributed by atoms with Crippen molar-refractivity contribution in [2.24, 2.45) is 52.3 Å². The Morgan fingerprint density at radius 1 is 1.00 bits per heavy atom. The molecule has 35 heavy (non-hydrogen) atoms. The Labute approximate surface area is 217 Å². The fraction of sp³-hybridized carbons (Fsp3) is 0.939. The van der Waals surface area contributed by atoms with Gasteiger partial charge in [0.15, 0.2) is 0 Å². The summed E-state index contributed by atoms with van der Waals surface area (Å²) in [5.41, 5.74) is 1.70. The van der Waals surface area contributed by atoms with Crippen molar-refractivity contribution in [2.75, 3.05) is 0 Å². The Morgan fingerprint density at radius 3 is 2.43 bits per heavy atom. The molecule has 0 spiro atoms. The minimum atomic E-state index is -0.430. The Morgan fingerprint density at radius 2 is 1.74 bits per heavy atom. The van der Waals surface area contributed by atoms with E-state index in [4.69, 9.17) is 0 Å². The first kappa shape index (κ1) is 27.7. The molecule has 9 atom stereocenters. The van der Waals surface area contributed by atoms with Gasteiger partial charge >= 0.3 is 0 Å². The van der Waals surface area contributed by atoms with Crippen LogP contribution in [0.1, 0.15) is 132 Å². The van der Waals surface area contributed by atoms with Gasteiger partial charge in [0.05, 0.1) is 11.7 Å². The molecule has 2 heteroatoms. The van der Waals surface area contributed by atoms with Crippen molar-refractivity contribution in [2.45, 2.75) is 144 Å². The van der Waals surface area contributed by atoms with Crippen molar-refractivity contribution in [1.29, 1.82) is 0 Å². The topological polar surface area (TPSA) is 40.5 Å². The largest absolute Gasteiger partial charge is 0.393 e. The molecule has 4 rings (SSSR count). The highest BCUT2D eigenvalue weighted by Crippen LogP contribution is 2.65. The van der Waals surface area contributed by atoms with Crippen LogP contribution in [0.4, 0.5) is 0 Å². The predicted octanol–water partition coefficient (Wildman–Crippen LogP) is 8.56. The van der Waals surface area contributed by atoms with Crippen LogP contribution in [-0.2, 0) is 0 Å². The van der Waals surface area contributed by atoms with E-state index in [2.05, 4.69) is 54.5 Å². The maximum atomic E-state index is 11.1. The molecule has 0 amide bonds. The van der Waals surface area contributed by atoms with Crippen molar-refractivity contribution < 1.29 is 10.2 Å². The Kier molecular flexibility index (Phi) is 8.25. The molecular formula is C33H58O2. The summed E-state index contributed by atoms with van der Waals surface area (Å²) in [4.78, 5) is 0. The third-order valence-electron chi connectivity index (χ3n) is 12.2. The normalized spacial score (nSPS) is 41.1. The summed E-state index contributed by atoms with van der Waals surface area (Å²) in [7, 11) is 0. The molecule has 0 saturated heterocycles. The fourth-order valence-corrected chi connectivity index (χ4v) is 9.48. The van der Waals surface area contributed by atoms with Crippen molar-refractivity contribution in [3.8, 4) is 0 Å². The van der Waals surface area contributed by atoms with Crippen LogP contribution in [0.2, 0.25) is 0 Å². The summed E-state index contributed by atoms with van der Waals surface area (Å²) >= 11 is 0. The summed E-state index contributed by atoms with van der Waals surface area (Å²) in [6.07, 6.45) is 17.8. The summed E-state index contributed by atoms with van der Waals surface area (Å²) in [5.74, 6) is 5.61. The minimum absolute atomic E-state index is 0.0280. The predicted molar refractivity (Wildman–Crippen MR) is 148 cm³/mol. The lowest BCUT2D eigenvalue weighted by Gasteiger charge is -2.55. The molecular weight excluding hydrogens is 428 g/mol. The zero-order valence-electron chi connectivity index (χ0n) is 24.3. The molecule has 0 aromatic rings. The van der Waals surface area contributed by atoms with Gasteiger partial charge in [-0.05, 0) is 129 Å². The SMILES string of the molecule is CC[C@]1(O)CC[C@H]2C(=CC[C@@H]3[C@@H]2CC[C@]2(C)[C@@H]([C@H](C)CCC(O)C(C)(C)CCC(C)C)CC[C@@H]32)C1. The van der Waals surface area contributed by atoms with Crippen LogP contribution < -0.4 is 0 Å². The first-order chi connectivity index (χ1) is 16.4. The fourth-order valence-electron chi connectivity index (χ4n) is 9.48. The highest BCUT2D eigenvalue weighted by molar-refractivity contribution is 5.22. The van der Waals surface area contributed by atoms with Crippen molar-refractivity contribution >= 4 is 0 Å². The van der Waals surface area contributed by atoms with Gasteiger partial charge in [-0.25, -0.2) is 0 Å². The average molecular weight is 487 g/mol. The third-order valence-corrected chi connectivity index (χ3v) is 12.2. The van der Waals surface area contributed by atoms with Crippen LogP contribution >= 0.6 is 0 Å². The maximum Gasteiger partial charge on any atom is 0.0682 e. The monoisotopic (exact) mass is 486 g/mol. The number of hydrogen-bond acceptors (Lipinski definition) is 2. The molecule has 0 aromatic carbocycles. The van der Waals surface area contributed by atoms with Crippen LogP contribution in [0.15, 0.2) is 11.6 Å². The van der Waals surface area contributed by atoms with E-state index in [0.717, 1.165) is 61.7 Å². The van der Waals surface area contributed by atoms with Crippen LogP contribution in [0.5, 0.6) is 0 Å². The van der Waals surface area contributed by atoms with E-state index in [-0.39, 0.29) is 11.5 Å². The Hall–Kier alpha value is -0.340. The first-order valence-electron chi connectivity index (χ1n) is 15.5. The zero-order valence-corrected chi connectivity index (χ0v) is 24.3. The Bertz CT molecular complexity index is 752. The van der Waals surface area contributed by atoms with Crippen LogP contribution in [0.25, 0.3) is 0 Å². The highest BCUT2D eigenvalue weighted by Gasteiger charge is 2.57. The number of aliphatic hydroxyl groups excluding tert-OH is 1. The van der Waals surface area contributed by atoms with Gasteiger partial charge in [0, 0.05) is 0 Å². The number of fused-ring (bicyclic) bond motifs is 5. The van der Waals surface area contributed by atoms with Crippen LogP contribution in [0.3, 0.4) is 0 Å². The smallest absolute Gasteiger partial charge is 0.0682 e. The molecule has 4 aliphatic carbocycles. The van der Waals surface area contributed by atoms with E-state index >= 15 is 0 Å². The lowest BCUT2D eigenvalue weighted by molar-refractivity contribution is -0.0474. The second-order valence-corrected chi connectivity index (χ2v) is 15.1. The van der Waals surface area contributed by atoms with Gasteiger partial charge in [-0.2, -0.15) is 0 Å². The van der Waals surface area contributed by atoms with Crippen LogP contribution in [-0.4, -0.2) is 21.9 Å². The van der Waals surface area contributed by atoms with E-state index in [1.807, 2.05) is 0 Å². The van der Waals surface area contributed by atoms with Gasteiger partial charge in [-0.1, -0.05) is 66.5 Å². The lowest BCUT2D eigenvalue weighted by Crippen LogP contribution is -2.48. The van der Waals surface area contributed by atoms with E-state index in [9.17, 15) is 10.2 Å². The third kappa shape index (κ3) is 5.45.